The van der Waals surface area contributed by atoms with Crippen LogP contribution in [-0.4, -0.2) is 125 Å². The minimum Gasteiger partial charge on any atom is -0.508 e. The smallest absolute Gasteiger partial charge is 0.407 e. The number of phenols is 1. The first kappa shape index (κ1) is 53.4. The molecule has 3 aromatic carbocycles. The summed E-state index contributed by atoms with van der Waals surface area (Å²) < 4.78 is 5.76. The molecule has 70 heavy (non-hydrogen) atoms. The number of benzene rings is 3. The number of amides is 7. The zero-order valence-electron chi connectivity index (χ0n) is 39.4. The van der Waals surface area contributed by atoms with Gasteiger partial charge in [-0.1, -0.05) is 60.7 Å². The number of phenolic OH excluding ortho intramolecular Hbond substituents is 1. The van der Waals surface area contributed by atoms with E-state index in [9.17, 15) is 43.5 Å². The summed E-state index contributed by atoms with van der Waals surface area (Å²) in [4.78, 5) is 106. The van der Waals surface area contributed by atoms with Crippen LogP contribution in [0.5, 0.6) is 5.75 Å². The first-order chi connectivity index (χ1) is 33.3. The van der Waals surface area contributed by atoms with Gasteiger partial charge in [0, 0.05) is 42.9 Å². The highest BCUT2D eigenvalue weighted by molar-refractivity contribution is 7.15. The van der Waals surface area contributed by atoms with Crippen LogP contribution in [0.15, 0.2) is 72.9 Å². The second-order valence-corrected chi connectivity index (χ2v) is 18.0. The van der Waals surface area contributed by atoms with Gasteiger partial charge in [-0.25, -0.2) is 9.78 Å². The number of fused-ring (bicyclic) bond motifs is 3. The molecule has 0 fully saturated rings. The van der Waals surface area contributed by atoms with Crippen molar-refractivity contribution in [3.8, 4) is 16.9 Å². The Kier molecular flexibility index (Phi) is 19.2. The molecule has 0 radical (unpaired) electrons. The van der Waals surface area contributed by atoms with Crippen LogP contribution >= 0.6 is 11.3 Å². The van der Waals surface area contributed by atoms with Crippen LogP contribution in [-0.2, 0) is 51.1 Å². The Labute approximate surface area is 408 Å². The third kappa shape index (κ3) is 15.2. The lowest BCUT2D eigenvalue weighted by Gasteiger charge is -2.23. The first-order valence-electron chi connectivity index (χ1n) is 22.7. The molecule has 1 aliphatic rings. The summed E-state index contributed by atoms with van der Waals surface area (Å²) in [7, 11) is 0. The molecule has 22 heteroatoms. The fraction of sp³-hybridized carbons (Fsp3) is 0.396. The number of nitrogens with one attached hydrogen (secondary N) is 8. The van der Waals surface area contributed by atoms with Crippen LogP contribution < -0.4 is 48.3 Å². The number of hydrogen-bond acceptors (Lipinski definition) is 14. The number of carbonyl (C=O) groups excluding carboxylic acids is 7. The van der Waals surface area contributed by atoms with E-state index >= 15 is 0 Å². The van der Waals surface area contributed by atoms with Gasteiger partial charge >= 0.3 is 12.1 Å². The minimum absolute atomic E-state index is 0.0190. The number of carboxylic acids is 1. The maximum atomic E-state index is 13.9. The van der Waals surface area contributed by atoms with Crippen molar-refractivity contribution in [2.75, 3.05) is 31.6 Å². The second kappa shape index (κ2) is 25.1. The minimum atomic E-state index is -1.28. The largest absolute Gasteiger partial charge is 0.508 e. The predicted octanol–water partition coefficient (Wildman–Crippen LogP) is 1.37. The van der Waals surface area contributed by atoms with Crippen molar-refractivity contribution in [1.82, 2.24) is 42.2 Å². The van der Waals surface area contributed by atoms with Crippen molar-refractivity contribution >= 4 is 64.0 Å². The van der Waals surface area contributed by atoms with E-state index in [0.29, 0.717) is 35.8 Å². The number of ether oxygens (including phenoxy) is 1. The second-order valence-electron chi connectivity index (χ2n) is 16.9. The molecular formula is C48H60N10O11S. The highest BCUT2D eigenvalue weighted by Gasteiger charge is 2.31. The molecular weight excluding hydrogens is 925 g/mol. The molecule has 0 saturated carbocycles. The van der Waals surface area contributed by atoms with Gasteiger partial charge in [-0.15, -0.1) is 11.3 Å². The number of hydrogen-bond donors (Lipinski definition) is 11. The Morgan fingerprint density at radius 2 is 1.26 bits per heavy atom. The number of carbonyl (C=O) groups is 8. The number of nitrogens with two attached hydrogens (primary N) is 1. The van der Waals surface area contributed by atoms with Gasteiger partial charge in [-0.3, -0.25) is 33.6 Å². The van der Waals surface area contributed by atoms with Gasteiger partial charge in [0.1, 0.15) is 49.1 Å². The summed E-state index contributed by atoms with van der Waals surface area (Å²) >= 11 is 1.35. The molecule has 1 aromatic heterocycles. The molecule has 0 saturated heterocycles. The van der Waals surface area contributed by atoms with Gasteiger partial charge in [-0.05, 0) is 80.5 Å². The predicted molar refractivity (Wildman–Crippen MR) is 260 cm³/mol. The maximum absolute atomic E-state index is 13.9. The van der Waals surface area contributed by atoms with E-state index in [1.54, 1.807) is 18.3 Å². The van der Waals surface area contributed by atoms with E-state index in [1.807, 2.05) is 48.5 Å². The number of aromatic nitrogens is 1. The molecule has 1 unspecified atom stereocenters. The van der Waals surface area contributed by atoms with Crippen LogP contribution in [0.3, 0.4) is 0 Å². The molecule has 0 spiro atoms. The normalized spacial score (nSPS) is 14.1. The summed E-state index contributed by atoms with van der Waals surface area (Å²) in [5, 5.41) is 41.2. The van der Waals surface area contributed by atoms with Crippen LogP contribution in [0, 0.1) is 0 Å². The number of aromatic hydroxyl groups is 1. The maximum Gasteiger partial charge on any atom is 0.407 e. The van der Waals surface area contributed by atoms with E-state index in [-0.39, 0.29) is 31.1 Å². The molecule has 6 atom stereocenters. The van der Waals surface area contributed by atoms with Crippen LogP contribution in [0.4, 0.5) is 9.93 Å². The van der Waals surface area contributed by atoms with E-state index in [0.717, 1.165) is 27.1 Å². The van der Waals surface area contributed by atoms with Gasteiger partial charge in [-0.2, -0.15) is 0 Å². The summed E-state index contributed by atoms with van der Waals surface area (Å²) in [6.07, 6.45) is 1.47. The van der Waals surface area contributed by atoms with E-state index in [1.165, 1.54) is 52.0 Å². The molecule has 4 aromatic rings. The van der Waals surface area contributed by atoms with Crippen molar-refractivity contribution in [1.29, 1.82) is 0 Å². The van der Waals surface area contributed by atoms with Gasteiger partial charge in [0.2, 0.25) is 35.4 Å². The highest BCUT2D eigenvalue weighted by Crippen LogP contribution is 2.44. The molecule has 1 aliphatic carbocycles. The van der Waals surface area contributed by atoms with Gasteiger partial charge in [0.25, 0.3) is 0 Å². The summed E-state index contributed by atoms with van der Waals surface area (Å²) in [5.74, 6) is -5.19. The van der Waals surface area contributed by atoms with Crippen molar-refractivity contribution in [2.45, 2.75) is 96.1 Å². The van der Waals surface area contributed by atoms with Crippen molar-refractivity contribution < 1.29 is 53.3 Å². The average Bonchev–Trinajstić information content (AvgIpc) is 3.91. The van der Waals surface area contributed by atoms with Crippen LogP contribution in [0.2, 0.25) is 0 Å². The Bertz CT molecular complexity index is 2510. The third-order valence-electron chi connectivity index (χ3n) is 11.2. The topological polar surface area (TPSA) is 321 Å². The molecule has 0 aliphatic heterocycles. The van der Waals surface area contributed by atoms with E-state index in [4.69, 9.17) is 15.6 Å². The number of aliphatic carboxylic acids is 1. The summed E-state index contributed by atoms with van der Waals surface area (Å²) in [6, 6.07) is 14.3. The fourth-order valence-electron chi connectivity index (χ4n) is 7.36. The number of carboxylic acid groups (broad SMARTS) is 1. The zero-order valence-corrected chi connectivity index (χ0v) is 40.2. The quantitative estimate of drug-likeness (QED) is 0.0442. The zero-order chi connectivity index (χ0) is 51.1. The van der Waals surface area contributed by atoms with Crippen LogP contribution in [0.1, 0.15) is 74.1 Å². The van der Waals surface area contributed by atoms with Gasteiger partial charge in [0.15, 0.2) is 5.13 Å². The highest BCUT2D eigenvalue weighted by atomic mass is 32.1. The standard InChI is InChI=1S/C48H60N10O11S/c1-25(49)41(62)54-28(4)44(65)55-26(2)42(63)50-17-10-18-51-47-53-22-32(70-47)21-31-19-30(15-16-39(31)59)20-38(46(67)57-29(5)45(66)56-27(3)43(64)52-23-40(60)61)58-48(68)69-24-37-35-13-8-6-11-33(35)34-12-7-9-14-36(34)37/h6-9,11-16,19,22,25-29,37-38,59H,10,17-18,20-21,23-24,49H2,1-5H3,(H,50,63)(H,51,53)(H,52,64)(H,54,62)(H,55,65)(H,56,66)(H,57,67)(H,58,68)(H,60,61)/t25-,26-,27?,28-,29-,38-/m0/s1. The number of rotatable bonds is 24. The number of nitrogens with zero attached hydrogens (tertiary/aromatic N) is 1. The Hall–Kier alpha value is -7.59. The molecule has 5 rings (SSSR count). The Morgan fingerprint density at radius 1 is 0.700 bits per heavy atom. The SMILES string of the molecule is CC(NC(=O)[C@H](C)NC(=O)[C@H](Cc1ccc(O)c(Cc2cnc(NCCCNC(=O)[C@H](C)NC(=O)[C@H](C)NC(=O)[C@H](C)N)s2)c1)NC(=O)OCC1c2ccccc2-c2ccccc21)C(=O)NCC(=O)O. The molecule has 12 N–H and O–H groups in total. The van der Waals surface area contributed by atoms with Gasteiger partial charge in [0.05, 0.1) is 6.04 Å². The lowest BCUT2D eigenvalue weighted by atomic mass is 9.98. The number of thiazole rings is 1. The fourth-order valence-corrected chi connectivity index (χ4v) is 8.22. The lowest BCUT2D eigenvalue weighted by Crippen LogP contribution is -2.56. The van der Waals surface area contributed by atoms with Crippen molar-refractivity contribution in [3.05, 3.63) is 100 Å². The molecule has 1 heterocycles. The molecule has 7 amide bonds. The van der Waals surface area contributed by atoms with E-state index < -0.39 is 90.3 Å². The summed E-state index contributed by atoms with van der Waals surface area (Å²) in [5.41, 5.74) is 10.6. The van der Waals surface area contributed by atoms with E-state index in [2.05, 4.69) is 47.5 Å². The number of alkyl carbamates (subject to hydrolysis) is 1. The molecule has 21 nitrogen and oxygen atoms in total. The first-order valence-corrected chi connectivity index (χ1v) is 23.5. The molecule has 0 bridgehead atoms. The van der Waals surface area contributed by atoms with Gasteiger partial charge < -0.3 is 63.2 Å². The average molecular weight is 985 g/mol. The Balaban J connectivity index is 1.18. The Morgan fingerprint density at radius 3 is 1.86 bits per heavy atom. The monoisotopic (exact) mass is 984 g/mol. The van der Waals surface area contributed by atoms with Crippen molar-refractivity contribution in [2.24, 2.45) is 5.73 Å². The lowest BCUT2D eigenvalue weighted by molar-refractivity contribution is -0.138. The molecule has 374 valence electrons. The van der Waals surface area contributed by atoms with Crippen LogP contribution in [0.25, 0.3) is 11.1 Å². The third-order valence-corrected chi connectivity index (χ3v) is 12.2. The number of anilines is 1. The summed E-state index contributed by atoms with van der Waals surface area (Å²) in [6.45, 7) is 7.34. The van der Waals surface area contributed by atoms with Crippen molar-refractivity contribution in [3.63, 3.8) is 0 Å².